The predicted octanol–water partition coefficient (Wildman–Crippen LogP) is 1.53. The van der Waals surface area contributed by atoms with E-state index in [1.807, 2.05) is 4.98 Å². The fourth-order valence-electron chi connectivity index (χ4n) is 1.05. The van der Waals surface area contributed by atoms with E-state index in [-0.39, 0.29) is 5.56 Å². The van der Waals surface area contributed by atoms with Gasteiger partial charge in [0, 0.05) is 6.20 Å². The fraction of sp³-hybridized carbons (Fsp3) is 0.286. The number of nitrogens with one attached hydrogen (secondary N) is 1. The van der Waals surface area contributed by atoms with Crippen molar-refractivity contribution in [3.63, 3.8) is 0 Å². The van der Waals surface area contributed by atoms with Gasteiger partial charge in [-0.25, -0.2) is 8.78 Å². The quantitative estimate of drug-likeness (QED) is 0.586. The number of pyridine rings is 1. The molecular weight excluding hydrogens is 198 g/mol. The molecule has 0 unspecified atom stereocenters. The Morgan fingerprint density at radius 3 is 2.57 bits per heavy atom. The highest BCUT2D eigenvalue weighted by Gasteiger charge is 2.25. The van der Waals surface area contributed by atoms with Crippen molar-refractivity contribution in [3.05, 3.63) is 37.8 Å². The van der Waals surface area contributed by atoms with Gasteiger partial charge in [-0.15, -0.1) is 0 Å². The second-order valence-electron chi connectivity index (χ2n) is 2.60. The van der Waals surface area contributed by atoms with Crippen LogP contribution in [0.5, 0.6) is 0 Å². The molecule has 0 atom stereocenters. The Labute approximate surface area is 76.5 Å². The van der Waals surface area contributed by atoms with Crippen LogP contribution in [0.1, 0.15) is 17.6 Å². The van der Waals surface area contributed by atoms with Crippen molar-refractivity contribution in [3.8, 4) is 0 Å². The van der Waals surface area contributed by atoms with Gasteiger partial charge in [-0.1, -0.05) is 0 Å². The molecule has 0 aliphatic heterocycles. The maximum absolute atomic E-state index is 12.3. The Kier molecular flexibility index (Phi) is 2.59. The van der Waals surface area contributed by atoms with Crippen LogP contribution in [0.4, 0.5) is 14.5 Å². The van der Waals surface area contributed by atoms with Crippen molar-refractivity contribution in [2.24, 2.45) is 0 Å². The van der Waals surface area contributed by atoms with Crippen LogP contribution in [-0.2, 0) is 0 Å². The molecule has 1 aromatic heterocycles. The van der Waals surface area contributed by atoms with Gasteiger partial charge in [-0.2, -0.15) is 0 Å². The first-order valence-electron chi connectivity index (χ1n) is 3.60. The first-order chi connectivity index (χ1) is 6.45. The van der Waals surface area contributed by atoms with Gasteiger partial charge in [0.05, 0.1) is 10.5 Å². The van der Waals surface area contributed by atoms with E-state index in [9.17, 15) is 23.7 Å². The Balaban J connectivity index is 3.54. The second-order valence-corrected chi connectivity index (χ2v) is 2.60. The van der Waals surface area contributed by atoms with E-state index in [4.69, 9.17) is 0 Å². The van der Waals surface area contributed by atoms with Crippen LogP contribution < -0.4 is 5.56 Å². The predicted molar refractivity (Wildman–Crippen MR) is 43.4 cm³/mol. The normalized spacial score (nSPS) is 10.6. The topological polar surface area (TPSA) is 76.0 Å². The number of H-pyrrole nitrogens is 1. The molecular formula is C7H6F2N2O3. The van der Waals surface area contributed by atoms with E-state index < -0.39 is 28.2 Å². The molecule has 7 heteroatoms. The minimum Gasteiger partial charge on any atom is -0.328 e. The highest BCUT2D eigenvalue weighted by Crippen LogP contribution is 2.28. The summed E-state index contributed by atoms with van der Waals surface area (Å²) in [5.74, 6) is 0. The second kappa shape index (κ2) is 3.52. The summed E-state index contributed by atoms with van der Waals surface area (Å²) in [5, 5.41) is 10.4. The van der Waals surface area contributed by atoms with E-state index in [2.05, 4.69) is 0 Å². The molecule has 14 heavy (non-hydrogen) atoms. The monoisotopic (exact) mass is 204 g/mol. The number of nitrogens with zero attached hydrogens (tertiary/aromatic N) is 1. The first-order valence-corrected chi connectivity index (χ1v) is 3.60. The minimum atomic E-state index is -2.98. The van der Waals surface area contributed by atoms with Crippen molar-refractivity contribution in [2.45, 2.75) is 13.3 Å². The molecule has 0 saturated heterocycles. The van der Waals surface area contributed by atoms with Crippen LogP contribution >= 0.6 is 0 Å². The Morgan fingerprint density at radius 1 is 1.57 bits per heavy atom. The van der Waals surface area contributed by atoms with Crippen LogP contribution in [0.15, 0.2) is 11.0 Å². The number of aromatic nitrogens is 1. The molecule has 0 bridgehead atoms. The highest BCUT2D eigenvalue weighted by molar-refractivity contribution is 5.45. The van der Waals surface area contributed by atoms with Gasteiger partial charge in [0.1, 0.15) is 5.56 Å². The van der Waals surface area contributed by atoms with Gasteiger partial charge in [0.15, 0.2) is 0 Å². The molecule has 0 aliphatic carbocycles. The van der Waals surface area contributed by atoms with Crippen LogP contribution in [0.3, 0.4) is 0 Å². The summed E-state index contributed by atoms with van der Waals surface area (Å²) in [6.07, 6.45) is -2.32. The number of aromatic amines is 1. The molecule has 0 aliphatic rings. The van der Waals surface area contributed by atoms with Crippen molar-refractivity contribution >= 4 is 5.69 Å². The number of halogens is 2. The Hall–Kier alpha value is -1.79. The van der Waals surface area contributed by atoms with Crippen molar-refractivity contribution in [1.82, 2.24) is 4.98 Å². The molecule has 0 aromatic carbocycles. The van der Waals surface area contributed by atoms with E-state index in [1.165, 1.54) is 0 Å². The SMILES string of the molecule is Cc1c([N+](=O)[O-])c(C(F)F)c[nH]c1=O. The summed E-state index contributed by atoms with van der Waals surface area (Å²) in [5.41, 5.74) is -2.63. The van der Waals surface area contributed by atoms with Gasteiger partial charge in [0.2, 0.25) is 0 Å². The van der Waals surface area contributed by atoms with E-state index in [1.54, 1.807) is 0 Å². The summed E-state index contributed by atoms with van der Waals surface area (Å²) < 4.78 is 24.5. The standard InChI is InChI=1S/C7H6F2N2O3/c1-3-5(11(13)14)4(6(8)9)2-10-7(3)12/h2,6H,1H3,(H,10,12). The Morgan fingerprint density at radius 2 is 2.14 bits per heavy atom. The number of nitro groups is 1. The average molecular weight is 204 g/mol. The van der Waals surface area contributed by atoms with Crippen molar-refractivity contribution in [2.75, 3.05) is 0 Å². The number of hydrogen-bond donors (Lipinski definition) is 1. The largest absolute Gasteiger partial charge is 0.328 e. The lowest BCUT2D eigenvalue weighted by Gasteiger charge is -2.02. The summed E-state index contributed by atoms with van der Waals surface area (Å²) in [7, 11) is 0. The van der Waals surface area contributed by atoms with Crippen LogP contribution in [0.25, 0.3) is 0 Å². The van der Waals surface area contributed by atoms with Crippen LogP contribution in [0.2, 0.25) is 0 Å². The summed E-state index contributed by atoms with van der Waals surface area (Å²) in [6.45, 7) is 1.13. The lowest BCUT2D eigenvalue weighted by molar-refractivity contribution is -0.387. The van der Waals surface area contributed by atoms with Crippen LogP contribution in [-0.4, -0.2) is 9.91 Å². The maximum atomic E-state index is 12.3. The van der Waals surface area contributed by atoms with Crippen LogP contribution in [0, 0.1) is 17.0 Å². The average Bonchev–Trinajstić information content (AvgIpc) is 2.08. The highest BCUT2D eigenvalue weighted by atomic mass is 19.3. The molecule has 0 fully saturated rings. The molecule has 1 heterocycles. The molecule has 5 nitrogen and oxygen atoms in total. The van der Waals surface area contributed by atoms with E-state index in [0.29, 0.717) is 6.20 Å². The van der Waals surface area contributed by atoms with E-state index in [0.717, 1.165) is 6.92 Å². The maximum Gasteiger partial charge on any atom is 0.288 e. The zero-order chi connectivity index (χ0) is 10.9. The molecule has 0 radical (unpaired) electrons. The Bertz CT molecular complexity index is 427. The third-order valence-corrected chi connectivity index (χ3v) is 1.75. The van der Waals surface area contributed by atoms with Gasteiger partial charge in [-0.3, -0.25) is 14.9 Å². The smallest absolute Gasteiger partial charge is 0.288 e. The third kappa shape index (κ3) is 1.61. The number of alkyl halides is 2. The van der Waals surface area contributed by atoms with Crippen molar-refractivity contribution in [1.29, 1.82) is 0 Å². The molecule has 1 rings (SSSR count). The molecule has 0 amide bonds. The first kappa shape index (κ1) is 10.3. The number of rotatable bonds is 2. The fourth-order valence-corrected chi connectivity index (χ4v) is 1.05. The molecule has 0 spiro atoms. The molecule has 1 aromatic rings. The molecule has 0 saturated carbocycles. The lowest BCUT2D eigenvalue weighted by Crippen LogP contribution is -2.13. The van der Waals surface area contributed by atoms with Gasteiger partial charge >= 0.3 is 0 Å². The van der Waals surface area contributed by atoms with Gasteiger partial charge in [0.25, 0.3) is 17.7 Å². The zero-order valence-corrected chi connectivity index (χ0v) is 7.08. The van der Waals surface area contributed by atoms with Crippen molar-refractivity contribution < 1.29 is 13.7 Å². The number of hydrogen-bond acceptors (Lipinski definition) is 3. The molecule has 1 N–H and O–H groups in total. The lowest BCUT2D eigenvalue weighted by atomic mass is 10.1. The summed E-state index contributed by atoms with van der Waals surface area (Å²) in [6, 6.07) is 0. The summed E-state index contributed by atoms with van der Waals surface area (Å²) >= 11 is 0. The summed E-state index contributed by atoms with van der Waals surface area (Å²) in [4.78, 5) is 22.4. The van der Waals surface area contributed by atoms with Gasteiger partial charge < -0.3 is 4.98 Å². The third-order valence-electron chi connectivity index (χ3n) is 1.75. The van der Waals surface area contributed by atoms with E-state index >= 15 is 0 Å². The minimum absolute atomic E-state index is 0.312. The molecule has 76 valence electrons. The zero-order valence-electron chi connectivity index (χ0n) is 7.08. The van der Waals surface area contributed by atoms with Gasteiger partial charge in [-0.05, 0) is 6.92 Å².